The van der Waals surface area contributed by atoms with Crippen molar-refractivity contribution in [2.24, 2.45) is 5.41 Å². The van der Waals surface area contributed by atoms with Gasteiger partial charge in [0.15, 0.2) is 0 Å². The first kappa shape index (κ1) is 24.8. The fourth-order valence-electron chi connectivity index (χ4n) is 4.74. The molecule has 1 fully saturated rings. The van der Waals surface area contributed by atoms with Crippen LogP contribution in [-0.4, -0.2) is 43.2 Å². The number of allylic oxidation sites excluding steroid dienone is 2. The third-order valence-corrected chi connectivity index (χ3v) is 6.69. The van der Waals surface area contributed by atoms with Crippen molar-refractivity contribution in [1.29, 1.82) is 0 Å². The van der Waals surface area contributed by atoms with Gasteiger partial charge in [-0.25, -0.2) is 0 Å². The molecular formula is C29H40N2O2. The average molecular weight is 449 g/mol. The molecule has 2 heterocycles. The third kappa shape index (κ3) is 4.62. The minimum atomic E-state index is 0.0643. The largest absolute Gasteiger partial charge is 0.496 e. The summed E-state index contributed by atoms with van der Waals surface area (Å²) in [4.78, 5) is 4.80. The maximum absolute atomic E-state index is 5.80. The van der Waals surface area contributed by atoms with Crippen LogP contribution in [0, 0.1) is 5.41 Å². The zero-order chi connectivity index (χ0) is 24.5. The molecule has 1 unspecified atom stereocenters. The van der Waals surface area contributed by atoms with E-state index in [1.807, 2.05) is 6.92 Å². The Morgan fingerprint density at radius 3 is 2.48 bits per heavy atom. The third-order valence-electron chi connectivity index (χ3n) is 6.69. The van der Waals surface area contributed by atoms with Gasteiger partial charge in [0.25, 0.3) is 0 Å². The van der Waals surface area contributed by atoms with Crippen LogP contribution in [0.1, 0.15) is 48.0 Å². The van der Waals surface area contributed by atoms with Crippen molar-refractivity contribution in [3.05, 3.63) is 76.7 Å². The van der Waals surface area contributed by atoms with Crippen molar-refractivity contribution < 1.29 is 9.47 Å². The highest BCUT2D eigenvalue weighted by Crippen LogP contribution is 2.41. The Morgan fingerprint density at radius 2 is 1.91 bits per heavy atom. The summed E-state index contributed by atoms with van der Waals surface area (Å²) in [6, 6.07) is 6.62. The predicted octanol–water partition coefficient (Wildman–Crippen LogP) is 4.93. The summed E-state index contributed by atoms with van der Waals surface area (Å²) >= 11 is 0. The van der Waals surface area contributed by atoms with Crippen LogP contribution in [0.2, 0.25) is 0 Å². The average Bonchev–Trinajstić information content (AvgIpc) is 2.76. The first-order valence-corrected chi connectivity index (χ1v) is 11.9. The van der Waals surface area contributed by atoms with Crippen LogP contribution >= 0.6 is 0 Å². The Kier molecular flexibility index (Phi) is 7.16. The molecule has 3 rings (SSSR count). The van der Waals surface area contributed by atoms with Gasteiger partial charge < -0.3 is 19.3 Å². The number of hydrogen-bond donors (Lipinski definition) is 0. The lowest BCUT2D eigenvalue weighted by molar-refractivity contribution is 0.128. The summed E-state index contributed by atoms with van der Waals surface area (Å²) < 4.78 is 11.6. The van der Waals surface area contributed by atoms with E-state index in [9.17, 15) is 0 Å². The van der Waals surface area contributed by atoms with E-state index in [4.69, 9.17) is 9.47 Å². The van der Waals surface area contributed by atoms with Gasteiger partial charge in [0, 0.05) is 35.8 Å². The Bertz CT molecular complexity index is 1130. The number of fused-ring (bicyclic) bond motifs is 1. The van der Waals surface area contributed by atoms with E-state index in [0.717, 1.165) is 35.6 Å². The van der Waals surface area contributed by atoms with Crippen LogP contribution in [0.5, 0.6) is 5.75 Å². The Morgan fingerprint density at radius 1 is 1.21 bits per heavy atom. The van der Waals surface area contributed by atoms with Gasteiger partial charge in [-0.3, -0.25) is 0 Å². The second kappa shape index (κ2) is 9.54. The number of benzene rings is 1. The van der Waals surface area contributed by atoms with Crippen LogP contribution in [0.25, 0.3) is 11.3 Å². The van der Waals surface area contributed by atoms with Crippen molar-refractivity contribution in [1.82, 2.24) is 9.80 Å². The molecule has 1 aromatic carbocycles. The molecule has 178 valence electrons. The highest BCUT2D eigenvalue weighted by molar-refractivity contribution is 5.70. The Hall–Kier alpha value is -2.88. The molecule has 2 aliphatic heterocycles. The maximum atomic E-state index is 5.80. The lowest BCUT2D eigenvalue weighted by Crippen LogP contribution is -2.55. The molecule has 4 nitrogen and oxygen atoms in total. The fraction of sp³-hybridized carbons (Fsp3) is 0.448. The molecular weight excluding hydrogens is 408 g/mol. The first-order chi connectivity index (χ1) is 15.5. The van der Waals surface area contributed by atoms with E-state index >= 15 is 0 Å². The van der Waals surface area contributed by atoms with E-state index < -0.39 is 0 Å². The minimum absolute atomic E-state index is 0.0643. The molecule has 0 amide bonds. The number of methoxy groups -OCH3 is 1. The number of likely N-dealkylation sites (N-methyl/N-ethyl adjacent to an activating group) is 1. The topological polar surface area (TPSA) is 24.9 Å². The van der Waals surface area contributed by atoms with E-state index in [1.54, 1.807) is 7.11 Å². The van der Waals surface area contributed by atoms with Gasteiger partial charge in [-0.05, 0) is 43.4 Å². The van der Waals surface area contributed by atoms with Gasteiger partial charge in [0.1, 0.15) is 11.5 Å². The lowest BCUT2D eigenvalue weighted by Gasteiger charge is -2.50. The molecule has 0 bridgehead atoms. The Labute approximate surface area is 199 Å². The van der Waals surface area contributed by atoms with Crippen LogP contribution < -0.4 is 15.2 Å². The van der Waals surface area contributed by atoms with Gasteiger partial charge in [-0.1, -0.05) is 58.6 Å². The van der Waals surface area contributed by atoms with Gasteiger partial charge in [0.2, 0.25) is 0 Å². The van der Waals surface area contributed by atoms with Crippen LogP contribution in [0.15, 0.2) is 66.2 Å². The highest BCUT2D eigenvalue weighted by Gasteiger charge is 2.40. The zero-order valence-corrected chi connectivity index (χ0v) is 21.7. The van der Waals surface area contributed by atoms with Crippen LogP contribution in [0.4, 0.5) is 0 Å². The van der Waals surface area contributed by atoms with E-state index in [0.29, 0.717) is 12.4 Å². The SMILES string of the molecule is C=C1C=C2/C(=c3\cccc(OC)c3=C(C)CC)N(C)CC(C(C)(C)C)N2C=C1C(=C)OCC. The molecule has 0 spiro atoms. The molecule has 0 aromatic heterocycles. The first-order valence-electron chi connectivity index (χ1n) is 11.9. The molecule has 0 radical (unpaired) electrons. The Balaban J connectivity index is 2.37. The van der Waals surface area contributed by atoms with Crippen LogP contribution in [-0.2, 0) is 4.74 Å². The minimum Gasteiger partial charge on any atom is -0.496 e. The number of hydrogen-bond acceptors (Lipinski definition) is 4. The standard InChI is InChI=1S/C29H40N2O2/c1-11-19(3)27-22(14-13-15-25(27)32-10)28-24-16-20(4)23(21(5)33-12-2)17-31(24)26(18-30(28)9)29(6,7)8/h13-17,26H,4-5,11-12,18H2,1-3,6-10H3/b27-19?,28-22-. The summed E-state index contributed by atoms with van der Waals surface area (Å²) in [5, 5.41) is 2.37. The molecule has 1 aromatic rings. The summed E-state index contributed by atoms with van der Waals surface area (Å²) in [5.41, 5.74) is 5.59. The number of nitrogens with zero attached hydrogens (tertiary/aromatic N) is 2. The summed E-state index contributed by atoms with van der Waals surface area (Å²) in [5.74, 6) is 1.58. The zero-order valence-electron chi connectivity index (χ0n) is 21.7. The van der Waals surface area contributed by atoms with E-state index in [-0.39, 0.29) is 11.5 Å². The van der Waals surface area contributed by atoms with E-state index in [1.165, 1.54) is 21.7 Å². The molecule has 33 heavy (non-hydrogen) atoms. The van der Waals surface area contributed by atoms with Gasteiger partial charge in [-0.15, -0.1) is 0 Å². The summed E-state index contributed by atoms with van der Waals surface area (Å²) in [6.07, 6.45) is 5.34. The van der Waals surface area contributed by atoms with Gasteiger partial charge in [0.05, 0.1) is 31.2 Å². The number of ether oxygens (including phenoxy) is 2. The molecule has 2 aliphatic rings. The fourth-order valence-corrected chi connectivity index (χ4v) is 4.74. The molecule has 1 saturated heterocycles. The quantitative estimate of drug-likeness (QED) is 0.596. The molecule has 0 saturated carbocycles. The second-order valence-electron chi connectivity index (χ2n) is 9.99. The molecule has 1 atom stereocenters. The predicted molar refractivity (Wildman–Crippen MR) is 139 cm³/mol. The molecule has 4 heteroatoms. The van der Waals surface area contributed by atoms with E-state index in [2.05, 4.69) is 95.1 Å². The van der Waals surface area contributed by atoms with Gasteiger partial charge >= 0.3 is 0 Å². The number of piperazine rings is 1. The van der Waals surface area contributed by atoms with Crippen molar-refractivity contribution >= 4 is 11.3 Å². The highest BCUT2D eigenvalue weighted by atomic mass is 16.5. The lowest BCUT2D eigenvalue weighted by atomic mass is 9.82. The van der Waals surface area contributed by atoms with Crippen molar-refractivity contribution in [2.75, 3.05) is 27.3 Å². The summed E-state index contributed by atoms with van der Waals surface area (Å²) in [7, 11) is 3.94. The van der Waals surface area contributed by atoms with Crippen LogP contribution in [0.3, 0.4) is 0 Å². The number of rotatable bonds is 5. The van der Waals surface area contributed by atoms with Crippen molar-refractivity contribution in [3.63, 3.8) is 0 Å². The normalized spacial score (nSPS) is 21.2. The monoisotopic (exact) mass is 448 g/mol. The molecule has 0 N–H and O–H groups in total. The van der Waals surface area contributed by atoms with Crippen molar-refractivity contribution in [3.8, 4) is 5.75 Å². The van der Waals surface area contributed by atoms with Gasteiger partial charge in [-0.2, -0.15) is 0 Å². The maximum Gasteiger partial charge on any atom is 0.126 e. The molecule has 0 aliphatic carbocycles. The summed E-state index contributed by atoms with van der Waals surface area (Å²) in [6.45, 7) is 23.3. The smallest absolute Gasteiger partial charge is 0.126 e. The second-order valence-corrected chi connectivity index (χ2v) is 9.99. The van der Waals surface area contributed by atoms with Crippen molar-refractivity contribution in [2.45, 2.75) is 54.0 Å².